The van der Waals surface area contributed by atoms with E-state index in [0.29, 0.717) is 0 Å². The molecule has 0 aliphatic heterocycles. The third-order valence-electron chi connectivity index (χ3n) is 3.59. The smallest absolute Gasteiger partial charge is 0.120 e. The minimum atomic E-state index is 0.190. The van der Waals surface area contributed by atoms with Gasteiger partial charge in [-0.1, -0.05) is 12.1 Å². The third-order valence-corrected chi connectivity index (χ3v) is 5.21. The van der Waals surface area contributed by atoms with Crippen molar-refractivity contribution < 1.29 is 4.74 Å². The Morgan fingerprint density at radius 1 is 1.17 bits per heavy atom. The van der Waals surface area contributed by atoms with Crippen molar-refractivity contribution in [2.45, 2.75) is 39.0 Å². The lowest BCUT2D eigenvalue weighted by atomic mass is 10.1. The Bertz CT molecular complexity index is 724. The zero-order chi connectivity index (χ0) is 16.8. The first-order valence-corrected chi connectivity index (χ1v) is 9.92. The van der Waals surface area contributed by atoms with Crippen LogP contribution in [-0.4, -0.2) is 11.1 Å². The van der Waals surface area contributed by atoms with Gasteiger partial charge in [0.05, 0.1) is 12.1 Å². The average Bonchev–Trinajstić information content (AvgIpc) is 3.24. The second-order valence-electron chi connectivity index (χ2n) is 5.95. The van der Waals surface area contributed by atoms with Gasteiger partial charge in [-0.05, 0) is 60.4 Å². The topological polar surface area (TPSA) is 34.1 Å². The van der Waals surface area contributed by atoms with Crippen LogP contribution in [0.2, 0.25) is 0 Å². The van der Waals surface area contributed by atoms with E-state index < -0.39 is 0 Å². The Balaban J connectivity index is 1.67. The lowest BCUT2D eigenvalue weighted by Crippen LogP contribution is -2.22. The van der Waals surface area contributed by atoms with Crippen molar-refractivity contribution in [3.05, 3.63) is 68.8 Å². The summed E-state index contributed by atoms with van der Waals surface area (Å²) in [4.78, 5) is 4.50. The molecule has 3 aromatic rings. The summed E-state index contributed by atoms with van der Waals surface area (Å²) in [5.74, 6) is 0.924. The lowest BCUT2D eigenvalue weighted by molar-refractivity contribution is 0.242. The fourth-order valence-corrected chi connectivity index (χ4v) is 3.94. The van der Waals surface area contributed by atoms with E-state index in [1.807, 2.05) is 37.6 Å². The molecule has 0 unspecified atom stereocenters. The average molecular weight is 359 g/mol. The molecule has 1 aromatic carbocycles. The van der Waals surface area contributed by atoms with Gasteiger partial charge < -0.3 is 10.1 Å². The molecule has 24 heavy (non-hydrogen) atoms. The fourth-order valence-electron chi connectivity index (χ4n) is 2.54. The molecular formula is C19H22N2OS2. The Morgan fingerprint density at radius 3 is 2.79 bits per heavy atom. The Hall–Kier alpha value is -1.69. The predicted molar refractivity (Wildman–Crippen MR) is 102 cm³/mol. The van der Waals surface area contributed by atoms with Crippen molar-refractivity contribution in [1.82, 2.24) is 10.3 Å². The minimum Gasteiger partial charge on any atom is -0.491 e. The molecule has 0 fully saturated rings. The van der Waals surface area contributed by atoms with E-state index in [-0.39, 0.29) is 12.1 Å². The molecule has 0 radical (unpaired) electrons. The van der Waals surface area contributed by atoms with Gasteiger partial charge in [0.15, 0.2) is 0 Å². The van der Waals surface area contributed by atoms with Crippen molar-refractivity contribution in [2.75, 3.05) is 0 Å². The number of aromatic nitrogens is 1. The molecule has 0 aliphatic rings. The van der Waals surface area contributed by atoms with E-state index in [0.717, 1.165) is 23.7 Å². The van der Waals surface area contributed by atoms with Gasteiger partial charge in [0.2, 0.25) is 0 Å². The first kappa shape index (κ1) is 17.1. The second-order valence-corrected chi connectivity index (χ2v) is 7.66. The molecule has 1 atom stereocenters. The molecule has 1 N–H and O–H groups in total. The summed E-state index contributed by atoms with van der Waals surface area (Å²) in [6.07, 6.45) is 3.02. The van der Waals surface area contributed by atoms with E-state index in [1.54, 1.807) is 22.7 Å². The summed E-state index contributed by atoms with van der Waals surface area (Å²) in [7, 11) is 0. The number of benzene rings is 1. The van der Waals surface area contributed by atoms with E-state index in [9.17, 15) is 0 Å². The molecule has 5 heteroatoms. The third kappa shape index (κ3) is 4.90. The van der Waals surface area contributed by atoms with Crippen molar-refractivity contribution in [2.24, 2.45) is 0 Å². The van der Waals surface area contributed by atoms with Gasteiger partial charge >= 0.3 is 0 Å². The number of ether oxygens (including phenoxy) is 1. The molecule has 3 nitrogen and oxygen atoms in total. The van der Waals surface area contributed by atoms with Crippen LogP contribution in [-0.2, 0) is 13.0 Å². The maximum Gasteiger partial charge on any atom is 0.120 e. The van der Waals surface area contributed by atoms with Gasteiger partial charge in [0.1, 0.15) is 10.8 Å². The van der Waals surface area contributed by atoms with Crippen LogP contribution >= 0.6 is 22.7 Å². The summed E-state index contributed by atoms with van der Waals surface area (Å²) in [6, 6.07) is 10.7. The van der Waals surface area contributed by atoms with Gasteiger partial charge in [0, 0.05) is 18.1 Å². The molecule has 3 rings (SSSR count). The second kappa shape index (κ2) is 8.42. The van der Waals surface area contributed by atoms with Crippen molar-refractivity contribution in [1.29, 1.82) is 0 Å². The molecule has 2 aromatic heterocycles. The Kier molecular flexibility index (Phi) is 6.01. The van der Waals surface area contributed by atoms with Crippen LogP contribution in [0, 0.1) is 0 Å². The van der Waals surface area contributed by atoms with E-state index >= 15 is 0 Å². The van der Waals surface area contributed by atoms with Gasteiger partial charge in [-0.25, -0.2) is 4.98 Å². The normalized spacial score (nSPS) is 12.5. The minimum absolute atomic E-state index is 0.190. The first-order chi connectivity index (χ1) is 11.7. The van der Waals surface area contributed by atoms with Crippen molar-refractivity contribution in [3.63, 3.8) is 0 Å². The fraction of sp³-hybridized carbons (Fsp3) is 0.316. The van der Waals surface area contributed by atoms with Crippen LogP contribution in [0.3, 0.4) is 0 Å². The highest BCUT2D eigenvalue weighted by Gasteiger charge is 2.15. The van der Waals surface area contributed by atoms with Crippen LogP contribution in [0.5, 0.6) is 5.75 Å². The summed E-state index contributed by atoms with van der Waals surface area (Å²) >= 11 is 3.44. The SMILES string of the molecule is CC(C)Oc1cccc(CN[C@@H](Cc2ccsc2)c2nccs2)c1. The number of rotatable bonds is 8. The van der Waals surface area contributed by atoms with Gasteiger partial charge in [0.25, 0.3) is 0 Å². The molecular weight excluding hydrogens is 336 g/mol. The molecule has 126 valence electrons. The largest absolute Gasteiger partial charge is 0.491 e. The summed E-state index contributed by atoms with van der Waals surface area (Å²) in [5, 5.41) is 11.2. The zero-order valence-electron chi connectivity index (χ0n) is 13.9. The van der Waals surface area contributed by atoms with E-state index in [4.69, 9.17) is 4.74 Å². The molecule has 0 amide bonds. The Morgan fingerprint density at radius 2 is 2.08 bits per heavy atom. The highest BCUT2D eigenvalue weighted by atomic mass is 32.1. The Labute approximate surface area is 151 Å². The number of thiazole rings is 1. The van der Waals surface area contributed by atoms with Gasteiger partial charge in [-0.15, -0.1) is 11.3 Å². The number of thiophene rings is 1. The standard InChI is InChI=1S/C19H22N2OS2/c1-14(2)22-17-5-3-4-15(10-17)12-21-18(19-20-7-9-24-19)11-16-6-8-23-13-16/h3-10,13-14,18,21H,11-12H2,1-2H3/t18-/m0/s1. The van der Waals surface area contributed by atoms with Crippen LogP contribution in [0.25, 0.3) is 0 Å². The van der Waals surface area contributed by atoms with E-state index in [2.05, 4.69) is 39.3 Å². The van der Waals surface area contributed by atoms with Crippen molar-refractivity contribution >= 4 is 22.7 Å². The molecule has 0 bridgehead atoms. The summed E-state index contributed by atoms with van der Waals surface area (Å²) in [6.45, 7) is 4.89. The molecule has 0 aliphatic carbocycles. The molecule has 0 spiro atoms. The molecule has 0 saturated carbocycles. The number of nitrogens with zero attached hydrogens (tertiary/aromatic N) is 1. The summed E-state index contributed by atoms with van der Waals surface area (Å²) in [5.41, 5.74) is 2.57. The van der Waals surface area contributed by atoms with Crippen LogP contribution < -0.4 is 10.1 Å². The number of nitrogens with one attached hydrogen (secondary N) is 1. The maximum atomic E-state index is 5.78. The predicted octanol–water partition coefficient (Wildman–Crippen LogP) is 5.07. The van der Waals surface area contributed by atoms with Gasteiger partial charge in [-0.3, -0.25) is 0 Å². The highest BCUT2D eigenvalue weighted by Crippen LogP contribution is 2.23. The van der Waals surface area contributed by atoms with Crippen molar-refractivity contribution in [3.8, 4) is 5.75 Å². The highest BCUT2D eigenvalue weighted by molar-refractivity contribution is 7.09. The lowest BCUT2D eigenvalue weighted by Gasteiger charge is -2.17. The first-order valence-electron chi connectivity index (χ1n) is 8.10. The quantitative estimate of drug-likeness (QED) is 0.611. The molecule has 2 heterocycles. The molecule has 0 saturated heterocycles. The number of hydrogen-bond acceptors (Lipinski definition) is 5. The van der Waals surface area contributed by atoms with E-state index in [1.165, 1.54) is 11.1 Å². The monoisotopic (exact) mass is 358 g/mol. The zero-order valence-corrected chi connectivity index (χ0v) is 15.6. The van der Waals surface area contributed by atoms with Gasteiger partial charge in [-0.2, -0.15) is 11.3 Å². The van der Waals surface area contributed by atoms with Crippen LogP contribution in [0.1, 0.15) is 36.0 Å². The maximum absolute atomic E-state index is 5.78. The van der Waals surface area contributed by atoms with Crippen LogP contribution in [0.15, 0.2) is 52.7 Å². The number of hydrogen-bond donors (Lipinski definition) is 1. The summed E-state index contributed by atoms with van der Waals surface area (Å²) < 4.78 is 5.78. The van der Waals surface area contributed by atoms with Crippen LogP contribution in [0.4, 0.5) is 0 Å².